The van der Waals surface area contributed by atoms with Gasteiger partial charge < -0.3 is 29.8 Å². The van der Waals surface area contributed by atoms with Gasteiger partial charge in [-0.05, 0) is 36.8 Å². The molecule has 3 aromatic rings. The second-order valence-electron chi connectivity index (χ2n) is 7.71. The number of hydrogen-bond donors (Lipinski definition) is 3. The van der Waals surface area contributed by atoms with Gasteiger partial charge in [0, 0.05) is 24.8 Å². The number of rotatable bonds is 7. The Morgan fingerprint density at radius 2 is 2.23 bits per heavy atom. The third-order valence-corrected chi connectivity index (χ3v) is 5.77. The second-order valence-corrected chi connectivity index (χ2v) is 7.71. The molecule has 1 atom stereocenters. The minimum atomic E-state index is -0.284. The van der Waals surface area contributed by atoms with Gasteiger partial charge in [0.2, 0.25) is 11.8 Å². The number of fused-ring (bicyclic) bond motifs is 2. The van der Waals surface area contributed by atoms with Gasteiger partial charge in [-0.15, -0.1) is 0 Å². The van der Waals surface area contributed by atoms with Gasteiger partial charge in [0.25, 0.3) is 5.91 Å². The normalized spacial score (nSPS) is 19.2. The van der Waals surface area contributed by atoms with E-state index in [4.69, 9.17) is 9.47 Å². The highest BCUT2D eigenvalue weighted by atomic mass is 16.5. The largest absolute Gasteiger partial charge is 0.495 e. The molecule has 1 unspecified atom stereocenters. The predicted molar refractivity (Wildman–Crippen MR) is 115 cm³/mol. The number of anilines is 2. The van der Waals surface area contributed by atoms with E-state index in [0.717, 1.165) is 11.0 Å². The van der Waals surface area contributed by atoms with E-state index in [-0.39, 0.29) is 17.9 Å². The summed E-state index contributed by atoms with van der Waals surface area (Å²) >= 11 is 0. The molecular formula is C22H23N5O4. The van der Waals surface area contributed by atoms with Crippen LogP contribution >= 0.6 is 0 Å². The molecular weight excluding hydrogens is 398 g/mol. The lowest BCUT2D eigenvalue weighted by Gasteiger charge is -2.20. The minimum absolute atomic E-state index is 0.0488. The fraction of sp³-hybridized carbons (Fsp3) is 0.318. The Morgan fingerprint density at radius 3 is 2.97 bits per heavy atom. The first-order chi connectivity index (χ1) is 15.1. The monoisotopic (exact) mass is 421 g/mol. The highest BCUT2D eigenvalue weighted by Crippen LogP contribution is 2.49. The van der Waals surface area contributed by atoms with Gasteiger partial charge in [0.15, 0.2) is 0 Å². The maximum absolute atomic E-state index is 12.9. The molecule has 9 heteroatoms. The van der Waals surface area contributed by atoms with E-state index in [2.05, 4.69) is 20.3 Å². The number of likely N-dealkylation sites (tertiary alicyclic amines) is 1. The summed E-state index contributed by atoms with van der Waals surface area (Å²) in [6, 6.07) is 7.08. The van der Waals surface area contributed by atoms with Crippen LogP contribution in [0, 0.1) is 5.41 Å². The third-order valence-electron chi connectivity index (χ3n) is 5.77. The van der Waals surface area contributed by atoms with Crippen molar-refractivity contribution in [3.8, 4) is 11.6 Å². The van der Waals surface area contributed by atoms with Gasteiger partial charge in [-0.2, -0.15) is 9.97 Å². The molecule has 1 aliphatic carbocycles. The summed E-state index contributed by atoms with van der Waals surface area (Å²) in [5, 5.41) is 13.5. The molecule has 0 bridgehead atoms. The Balaban J connectivity index is 1.39. The van der Waals surface area contributed by atoms with Crippen molar-refractivity contribution in [1.82, 2.24) is 19.9 Å². The van der Waals surface area contributed by atoms with Crippen molar-refractivity contribution < 1.29 is 19.4 Å². The molecule has 1 saturated heterocycles. The van der Waals surface area contributed by atoms with Crippen LogP contribution in [0.4, 0.5) is 11.6 Å². The molecule has 0 spiro atoms. The molecule has 1 aromatic carbocycles. The van der Waals surface area contributed by atoms with Crippen molar-refractivity contribution in [3.05, 3.63) is 47.7 Å². The Hall–Kier alpha value is -3.59. The number of hydrogen-bond acceptors (Lipinski definition) is 7. The molecule has 3 N–H and O–H groups in total. The molecule has 2 aromatic heterocycles. The van der Waals surface area contributed by atoms with Crippen molar-refractivity contribution in [2.45, 2.75) is 6.92 Å². The summed E-state index contributed by atoms with van der Waals surface area (Å²) in [6.07, 6.45) is 3.83. The van der Waals surface area contributed by atoms with Gasteiger partial charge in [-0.1, -0.05) is 6.08 Å². The Morgan fingerprint density at radius 1 is 1.35 bits per heavy atom. The van der Waals surface area contributed by atoms with E-state index in [0.29, 0.717) is 54.2 Å². The van der Waals surface area contributed by atoms with E-state index in [1.54, 1.807) is 36.4 Å². The first kappa shape index (κ1) is 19.4. The summed E-state index contributed by atoms with van der Waals surface area (Å²) in [6.45, 7) is 3.51. The van der Waals surface area contributed by atoms with Gasteiger partial charge in [-0.3, -0.25) is 4.79 Å². The molecule has 1 aliphatic heterocycles. The summed E-state index contributed by atoms with van der Waals surface area (Å²) in [5.74, 6) is 1.25. The van der Waals surface area contributed by atoms with Gasteiger partial charge in [-0.25, -0.2) is 0 Å². The number of benzene rings is 1. The van der Waals surface area contributed by atoms with Crippen molar-refractivity contribution in [2.24, 2.45) is 5.41 Å². The van der Waals surface area contributed by atoms with E-state index in [9.17, 15) is 9.90 Å². The molecule has 0 radical (unpaired) electrons. The minimum Gasteiger partial charge on any atom is -0.495 e. The molecule has 9 nitrogen and oxygen atoms in total. The highest BCUT2D eigenvalue weighted by Gasteiger charge is 2.51. The van der Waals surface area contributed by atoms with Crippen molar-refractivity contribution in [2.75, 3.05) is 38.7 Å². The number of amides is 1. The Kier molecular flexibility index (Phi) is 4.55. The summed E-state index contributed by atoms with van der Waals surface area (Å²) in [7, 11) is 1.55. The lowest BCUT2D eigenvalue weighted by Crippen LogP contribution is -2.32. The molecule has 3 heterocycles. The van der Waals surface area contributed by atoms with Crippen molar-refractivity contribution >= 4 is 28.6 Å². The first-order valence-electron chi connectivity index (χ1n) is 10.1. The van der Waals surface area contributed by atoms with Crippen LogP contribution in [0.25, 0.3) is 11.0 Å². The quantitative estimate of drug-likeness (QED) is 0.503. The maximum Gasteiger partial charge on any atom is 0.254 e. The number of carbonyl (C=O) groups is 1. The van der Waals surface area contributed by atoms with E-state index in [1.807, 2.05) is 19.1 Å². The number of carbonyl (C=O) groups excluding carboxylic acids is 1. The predicted octanol–water partition coefficient (Wildman–Crippen LogP) is 2.48. The number of H-pyrrole nitrogens is 1. The average molecular weight is 421 g/mol. The fourth-order valence-corrected chi connectivity index (χ4v) is 4.04. The van der Waals surface area contributed by atoms with Crippen molar-refractivity contribution in [1.29, 1.82) is 0 Å². The summed E-state index contributed by atoms with van der Waals surface area (Å²) in [4.78, 5) is 26.7. The zero-order valence-corrected chi connectivity index (χ0v) is 17.3. The topological polar surface area (TPSA) is 113 Å². The molecule has 2 aliphatic rings. The van der Waals surface area contributed by atoms with Gasteiger partial charge >= 0.3 is 0 Å². The number of aliphatic hydroxyl groups excluding tert-OH is 1. The van der Waals surface area contributed by atoms with Crippen LogP contribution in [0.3, 0.4) is 0 Å². The Bertz CT molecular complexity index is 1200. The van der Waals surface area contributed by atoms with Crippen LogP contribution in [0.5, 0.6) is 11.6 Å². The van der Waals surface area contributed by atoms with Crippen LogP contribution < -0.4 is 14.8 Å². The smallest absolute Gasteiger partial charge is 0.254 e. The molecule has 160 valence electrons. The lowest BCUT2D eigenvalue weighted by atomic mass is 10.1. The average Bonchev–Trinajstić information content (AvgIpc) is 3.11. The number of aliphatic hydroxyl groups is 1. The standard InChI is InChI=1S/C22H23N5O4/c1-3-31-19-15-6-7-23-18(15)25-21(26-19)24-16-5-4-13(8-17(16)30-2)20(29)27-10-14-9-22(14,11-27)12-28/h4-9,28H,3,10-12H2,1-2H3,(H2,23,24,25,26). The van der Waals surface area contributed by atoms with Crippen LogP contribution in [-0.4, -0.2) is 64.3 Å². The van der Waals surface area contributed by atoms with E-state index in [1.165, 1.54) is 0 Å². The van der Waals surface area contributed by atoms with Crippen LogP contribution in [0.2, 0.25) is 0 Å². The highest BCUT2D eigenvalue weighted by molar-refractivity contribution is 5.96. The second kappa shape index (κ2) is 7.28. The van der Waals surface area contributed by atoms with E-state index < -0.39 is 0 Å². The third kappa shape index (κ3) is 3.27. The molecule has 1 amide bonds. The number of nitrogens with one attached hydrogen (secondary N) is 2. The fourth-order valence-electron chi connectivity index (χ4n) is 4.04. The zero-order valence-electron chi connectivity index (χ0n) is 17.3. The number of methoxy groups -OCH3 is 1. The maximum atomic E-state index is 12.9. The summed E-state index contributed by atoms with van der Waals surface area (Å²) in [5.41, 5.74) is 2.66. The lowest BCUT2D eigenvalue weighted by molar-refractivity contribution is 0.0766. The SMILES string of the molecule is CCOc1nc(Nc2ccc(C(=O)N3CC4=CC4(CO)C3)cc2OC)nc2[nH]ccc12. The number of nitrogens with zero attached hydrogens (tertiary/aromatic N) is 3. The number of ether oxygens (including phenoxy) is 2. The molecule has 1 fully saturated rings. The molecule has 0 saturated carbocycles. The van der Waals surface area contributed by atoms with Crippen LogP contribution in [0.1, 0.15) is 17.3 Å². The number of aromatic nitrogens is 3. The van der Waals surface area contributed by atoms with Crippen molar-refractivity contribution in [3.63, 3.8) is 0 Å². The Labute approximate surface area is 178 Å². The molecule has 31 heavy (non-hydrogen) atoms. The number of aromatic amines is 1. The van der Waals surface area contributed by atoms with E-state index >= 15 is 0 Å². The van der Waals surface area contributed by atoms with Crippen LogP contribution in [-0.2, 0) is 0 Å². The van der Waals surface area contributed by atoms with Gasteiger partial charge in [0.05, 0.1) is 36.8 Å². The first-order valence-corrected chi connectivity index (χ1v) is 10.1. The van der Waals surface area contributed by atoms with Gasteiger partial charge in [0.1, 0.15) is 11.4 Å². The zero-order chi connectivity index (χ0) is 21.6. The van der Waals surface area contributed by atoms with Crippen LogP contribution in [0.15, 0.2) is 42.1 Å². The molecule has 5 rings (SSSR count). The summed E-state index contributed by atoms with van der Waals surface area (Å²) < 4.78 is 11.1.